The molecule has 0 spiro atoms. The van der Waals surface area contributed by atoms with Gasteiger partial charge >= 0.3 is 6.03 Å². The Balaban J connectivity index is 1.49. The normalized spacial score (nSPS) is 13.1. The fourth-order valence-electron chi connectivity index (χ4n) is 4.57. The highest BCUT2D eigenvalue weighted by Gasteiger charge is 2.30. The molecule has 0 atom stereocenters. The maximum atomic E-state index is 15.8. The summed E-state index contributed by atoms with van der Waals surface area (Å²) in [5.41, 5.74) is 5.78. The number of thiophene rings is 1. The highest BCUT2D eigenvalue weighted by Crippen LogP contribution is 2.47. The van der Waals surface area contributed by atoms with Crippen LogP contribution < -0.4 is 10.5 Å². The number of hydrogen-bond donors (Lipinski definition) is 1. The SMILES string of the molecule is CN(CCN1CCCOc2c(cc(F)c(-c3ccc(F)c4sc(N)c(C#N)c34)c2Cl)C1=O)C(=O)n1cnnc1C#N. The average molecular weight is 597 g/mol. The summed E-state index contributed by atoms with van der Waals surface area (Å²) >= 11 is 7.54. The van der Waals surface area contributed by atoms with Gasteiger partial charge in [-0.3, -0.25) is 4.79 Å². The van der Waals surface area contributed by atoms with E-state index in [-0.39, 0.29) is 80.2 Å². The van der Waals surface area contributed by atoms with E-state index in [1.54, 1.807) is 6.07 Å². The summed E-state index contributed by atoms with van der Waals surface area (Å²) in [5.74, 6) is -2.30. The first-order valence-corrected chi connectivity index (χ1v) is 13.3. The lowest BCUT2D eigenvalue weighted by Gasteiger charge is -2.29. The maximum absolute atomic E-state index is 15.8. The van der Waals surface area contributed by atoms with Gasteiger partial charge in [-0.15, -0.1) is 21.5 Å². The highest BCUT2D eigenvalue weighted by molar-refractivity contribution is 7.23. The first kappa shape index (κ1) is 27.8. The van der Waals surface area contributed by atoms with Crippen molar-refractivity contribution in [2.45, 2.75) is 6.42 Å². The Morgan fingerprint density at radius 3 is 2.78 bits per heavy atom. The summed E-state index contributed by atoms with van der Waals surface area (Å²) in [6.07, 6.45) is 1.53. The van der Waals surface area contributed by atoms with Gasteiger partial charge < -0.3 is 20.3 Å². The van der Waals surface area contributed by atoms with Crippen molar-refractivity contribution in [2.24, 2.45) is 0 Å². The Morgan fingerprint density at radius 1 is 1.27 bits per heavy atom. The van der Waals surface area contributed by atoms with Crippen LogP contribution in [-0.4, -0.2) is 69.8 Å². The largest absolute Gasteiger partial charge is 0.491 e. The molecule has 0 radical (unpaired) electrons. The van der Waals surface area contributed by atoms with Crippen LogP contribution in [0.3, 0.4) is 0 Å². The van der Waals surface area contributed by atoms with E-state index in [9.17, 15) is 19.2 Å². The third-order valence-electron chi connectivity index (χ3n) is 6.59. The van der Waals surface area contributed by atoms with E-state index in [2.05, 4.69) is 10.2 Å². The van der Waals surface area contributed by atoms with Gasteiger partial charge in [0.05, 0.1) is 27.5 Å². The van der Waals surface area contributed by atoms with Crippen molar-refractivity contribution in [3.63, 3.8) is 0 Å². The Morgan fingerprint density at radius 2 is 2.05 bits per heavy atom. The van der Waals surface area contributed by atoms with Crippen molar-refractivity contribution in [1.82, 2.24) is 24.6 Å². The molecule has 2 amide bonds. The molecule has 0 fully saturated rings. The Hall–Kier alpha value is -4.79. The van der Waals surface area contributed by atoms with Crippen LogP contribution in [0.4, 0.5) is 18.6 Å². The number of nitriles is 2. The number of hydrogen-bond acceptors (Lipinski definition) is 9. The smallest absolute Gasteiger partial charge is 0.331 e. The number of rotatable bonds is 4. The van der Waals surface area contributed by atoms with Crippen LogP contribution in [-0.2, 0) is 0 Å². The lowest BCUT2D eigenvalue weighted by Crippen LogP contribution is -2.42. The number of nitrogens with two attached hydrogens (primary N) is 1. The zero-order valence-corrected chi connectivity index (χ0v) is 22.9. The Labute approximate surface area is 240 Å². The van der Waals surface area contributed by atoms with Gasteiger partial charge in [0.2, 0.25) is 5.82 Å². The molecule has 2 N–H and O–H groups in total. The molecule has 2 aromatic heterocycles. The molecule has 41 heavy (non-hydrogen) atoms. The van der Waals surface area contributed by atoms with Gasteiger partial charge in [0, 0.05) is 37.6 Å². The third kappa shape index (κ3) is 4.77. The average Bonchev–Trinajstić information content (AvgIpc) is 3.57. The molecule has 0 aliphatic carbocycles. The lowest BCUT2D eigenvalue weighted by atomic mass is 9.96. The van der Waals surface area contributed by atoms with Crippen LogP contribution in [0.2, 0.25) is 5.02 Å². The number of ether oxygens (including phenoxy) is 1. The molecule has 0 saturated heterocycles. The molecular formula is C26H19ClF2N8O3S. The zero-order chi connectivity index (χ0) is 29.4. The van der Waals surface area contributed by atoms with Gasteiger partial charge in [0.1, 0.15) is 35.1 Å². The second-order valence-electron chi connectivity index (χ2n) is 9.01. The van der Waals surface area contributed by atoms with Gasteiger partial charge in [0.25, 0.3) is 5.91 Å². The van der Waals surface area contributed by atoms with Crippen LogP contribution in [0.1, 0.15) is 28.2 Å². The van der Waals surface area contributed by atoms with Crippen LogP contribution in [0, 0.1) is 34.3 Å². The first-order chi connectivity index (χ1) is 19.7. The summed E-state index contributed by atoms with van der Waals surface area (Å²) < 4.78 is 37.2. The van der Waals surface area contributed by atoms with Crippen molar-refractivity contribution < 1.29 is 23.1 Å². The third-order valence-corrected chi connectivity index (χ3v) is 7.98. The predicted molar refractivity (Wildman–Crippen MR) is 145 cm³/mol. The quantitative estimate of drug-likeness (QED) is 0.367. The van der Waals surface area contributed by atoms with Gasteiger partial charge in [-0.1, -0.05) is 17.7 Å². The summed E-state index contributed by atoms with van der Waals surface area (Å²) in [6, 6.07) is 6.59. The minimum absolute atomic E-state index is 0.00286. The van der Waals surface area contributed by atoms with Crippen molar-refractivity contribution >= 4 is 50.0 Å². The molecule has 11 nitrogen and oxygen atoms in total. The first-order valence-electron chi connectivity index (χ1n) is 12.1. The summed E-state index contributed by atoms with van der Waals surface area (Å²) in [5, 5.41) is 25.9. The number of carbonyl (C=O) groups is 2. The molecule has 208 valence electrons. The monoisotopic (exact) mass is 596 g/mol. The van der Waals surface area contributed by atoms with Gasteiger partial charge in [0.15, 0.2) is 5.75 Å². The molecule has 0 unspecified atom stereocenters. The van der Waals surface area contributed by atoms with E-state index in [1.807, 2.05) is 6.07 Å². The number of halogens is 3. The van der Waals surface area contributed by atoms with Crippen molar-refractivity contribution in [2.75, 3.05) is 39.0 Å². The van der Waals surface area contributed by atoms with E-state index in [4.69, 9.17) is 27.3 Å². The molecule has 0 bridgehead atoms. The van der Waals surface area contributed by atoms with E-state index in [1.165, 1.54) is 22.9 Å². The Bertz CT molecular complexity index is 1810. The lowest BCUT2D eigenvalue weighted by molar-refractivity contribution is 0.0714. The number of anilines is 1. The van der Waals surface area contributed by atoms with Crippen molar-refractivity contribution in [1.29, 1.82) is 10.5 Å². The minimum atomic E-state index is -0.878. The van der Waals surface area contributed by atoms with Gasteiger partial charge in [-0.05, 0) is 24.1 Å². The zero-order valence-electron chi connectivity index (χ0n) is 21.3. The molecule has 1 aliphatic rings. The fraction of sp³-hybridized carbons (Fsp3) is 0.231. The topological polar surface area (TPSA) is 154 Å². The second kappa shape index (κ2) is 11.0. The number of aromatic nitrogens is 3. The van der Waals surface area contributed by atoms with E-state index < -0.39 is 23.6 Å². The molecule has 0 saturated carbocycles. The standard InChI is InChI=1S/C26H19ClF2N8O3S/c1-35(26(39)37-12-33-34-18(37)11-31)6-7-36-5-2-8-40-22-14(25(36)38)9-17(29)20(21(22)27)13-3-4-16(28)23-19(13)15(10-30)24(32)41-23/h3-4,9,12H,2,5-8,32H2,1H3. The molecular weight excluding hydrogens is 578 g/mol. The molecule has 2 aromatic carbocycles. The van der Waals surface area contributed by atoms with Crippen LogP contribution in [0.15, 0.2) is 24.5 Å². The van der Waals surface area contributed by atoms with Crippen molar-refractivity contribution in [3.05, 3.63) is 58.1 Å². The number of amides is 2. The second-order valence-corrected chi connectivity index (χ2v) is 10.4. The summed E-state index contributed by atoms with van der Waals surface area (Å²) in [6.45, 7) is 0.581. The van der Waals surface area contributed by atoms with Crippen LogP contribution >= 0.6 is 22.9 Å². The van der Waals surface area contributed by atoms with Gasteiger partial charge in [-0.25, -0.2) is 18.1 Å². The van der Waals surface area contributed by atoms with E-state index >= 15 is 4.39 Å². The van der Waals surface area contributed by atoms with Crippen LogP contribution in [0.25, 0.3) is 21.2 Å². The molecule has 15 heteroatoms. The van der Waals surface area contributed by atoms with Crippen molar-refractivity contribution in [3.8, 4) is 29.0 Å². The fourth-order valence-corrected chi connectivity index (χ4v) is 5.87. The number of carbonyl (C=O) groups excluding carboxylic acids is 2. The minimum Gasteiger partial charge on any atom is -0.491 e. The number of benzene rings is 2. The molecule has 4 aromatic rings. The molecule has 3 heterocycles. The number of nitrogen functional groups attached to an aromatic ring is 1. The van der Waals surface area contributed by atoms with E-state index in [0.717, 1.165) is 34.4 Å². The van der Waals surface area contributed by atoms with Crippen LogP contribution in [0.5, 0.6) is 5.75 Å². The van der Waals surface area contributed by atoms with E-state index in [0.29, 0.717) is 6.42 Å². The number of nitrogens with zero attached hydrogens (tertiary/aromatic N) is 7. The maximum Gasteiger partial charge on any atom is 0.331 e. The molecule has 5 rings (SSSR count). The predicted octanol–water partition coefficient (Wildman–Crippen LogP) is 4.24. The number of likely N-dealkylation sites (N-methyl/N-ethyl adjacent to an activating group) is 1. The number of fused-ring (bicyclic) bond motifs is 2. The Kier molecular flexibility index (Phi) is 7.45. The summed E-state index contributed by atoms with van der Waals surface area (Å²) in [7, 11) is 1.49. The molecule has 1 aliphatic heterocycles. The summed E-state index contributed by atoms with van der Waals surface area (Å²) in [4.78, 5) is 29.0. The van der Waals surface area contributed by atoms with Gasteiger partial charge in [-0.2, -0.15) is 10.5 Å². The highest BCUT2D eigenvalue weighted by atomic mass is 35.5.